The monoisotopic (exact) mass is 130 g/mol. The Labute approximate surface area is 54.2 Å². The van der Waals surface area contributed by atoms with Gasteiger partial charge in [-0.1, -0.05) is 24.8 Å². The second-order valence-corrected chi connectivity index (χ2v) is 2.28. The molecule has 0 amide bonds. The van der Waals surface area contributed by atoms with E-state index in [1.165, 1.54) is 11.8 Å². The van der Waals surface area contributed by atoms with Gasteiger partial charge in [-0.15, -0.1) is 0 Å². The van der Waals surface area contributed by atoms with E-state index < -0.39 is 0 Å². The molecule has 0 saturated heterocycles. The van der Waals surface area contributed by atoms with E-state index in [0.29, 0.717) is 6.42 Å². The highest BCUT2D eigenvalue weighted by Gasteiger charge is 1.90. The van der Waals surface area contributed by atoms with Crippen LogP contribution in [0, 0.1) is 0 Å². The zero-order chi connectivity index (χ0) is 6.41. The summed E-state index contributed by atoms with van der Waals surface area (Å²) in [7, 11) is 0. The van der Waals surface area contributed by atoms with Gasteiger partial charge < -0.3 is 0 Å². The van der Waals surface area contributed by atoms with Gasteiger partial charge in [0.15, 0.2) is 5.12 Å². The predicted molar refractivity (Wildman–Crippen MR) is 37.7 cm³/mol. The average Bonchev–Trinajstić information content (AvgIpc) is 1.83. The summed E-state index contributed by atoms with van der Waals surface area (Å²) in [6.45, 7) is 3.76. The Morgan fingerprint density at radius 1 is 1.75 bits per heavy atom. The van der Waals surface area contributed by atoms with E-state index in [9.17, 15) is 4.79 Å². The van der Waals surface area contributed by atoms with Gasteiger partial charge in [-0.25, -0.2) is 0 Å². The highest BCUT2D eigenvalue weighted by Crippen LogP contribution is 2.04. The molecule has 0 radical (unpaired) electrons. The Morgan fingerprint density at radius 2 is 2.38 bits per heavy atom. The molecule has 8 heavy (non-hydrogen) atoms. The molecule has 0 aromatic heterocycles. The van der Waals surface area contributed by atoms with Crippen LogP contribution in [0.15, 0.2) is 11.5 Å². The molecule has 0 atom stereocenters. The van der Waals surface area contributed by atoms with Gasteiger partial charge >= 0.3 is 0 Å². The molecule has 0 fully saturated rings. The van der Waals surface area contributed by atoms with Crippen LogP contribution in [0.1, 0.15) is 20.3 Å². The molecule has 0 aliphatic carbocycles. The summed E-state index contributed by atoms with van der Waals surface area (Å²) >= 11 is 1.26. The van der Waals surface area contributed by atoms with Crippen molar-refractivity contribution >= 4 is 16.9 Å². The van der Waals surface area contributed by atoms with Crippen LogP contribution in [0.3, 0.4) is 0 Å². The maximum absolute atomic E-state index is 10.5. The Morgan fingerprint density at radius 3 is 2.75 bits per heavy atom. The van der Waals surface area contributed by atoms with Crippen LogP contribution in [-0.2, 0) is 4.79 Å². The molecule has 0 rings (SSSR count). The fourth-order valence-corrected chi connectivity index (χ4v) is 0.682. The van der Waals surface area contributed by atoms with Crippen molar-refractivity contribution in [2.24, 2.45) is 0 Å². The van der Waals surface area contributed by atoms with Crippen LogP contribution < -0.4 is 0 Å². The minimum atomic E-state index is 0.225. The summed E-state index contributed by atoms with van der Waals surface area (Å²) in [6.07, 6.45) is 2.48. The van der Waals surface area contributed by atoms with Crippen molar-refractivity contribution in [2.45, 2.75) is 20.3 Å². The van der Waals surface area contributed by atoms with Crippen LogP contribution >= 0.6 is 11.8 Å². The molecule has 0 bridgehead atoms. The van der Waals surface area contributed by atoms with Gasteiger partial charge in [0.05, 0.1) is 0 Å². The van der Waals surface area contributed by atoms with Gasteiger partial charge in [0.2, 0.25) is 0 Å². The van der Waals surface area contributed by atoms with Crippen LogP contribution in [0.4, 0.5) is 0 Å². The third-order valence-corrected chi connectivity index (χ3v) is 1.58. The SMILES string of the molecule is CC=CSC(=O)CC. The van der Waals surface area contributed by atoms with Crippen molar-refractivity contribution in [3.05, 3.63) is 11.5 Å². The number of hydrogen-bond donors (Lipinski definition) is 0. The smallest absolute Gasteiger partial charge is 0.192 e. The Balaban J connectivity index is 3.25. The first-order valence-corrected chi connectivity index (χ1v) is 3.49. The summed E-state index contributed by atoms with van der Waals surface area (Å²) in [6, 6.07) is 0. The lowest BCUT2D eigenvalue weighted by atomic mass is 10.6. The summed E-state index contributed by atoms with van der Waals surface area (Å²) < 4.78 is 0. The van der Waals surface area contributed by atoms with Gasteiger partial charge in [-0.2, -0.15) is 0 Å². The quantitative estimate of drug-likeness (QED) is 0.570. The molecule has 0 spiro atoms. The summed E-state index contributed by atoms with van der Waals surface area (Å²) in [5.41, 5.74) is 0. The molecular weight excluding hydrogens is 120 g/mol. The van der Waals surface area contributed by atoms with Crippen molar-refractivity contribution in [3.63, 3.8) is 0 Å². The number of hydrogen-bond acceptors (Lipinski definition) is 2. The fraction of sp³-hybridized carbons (Fsp3) is 0.500. The van der Waals surface area contributed by atoms with E-state index in [1.807, 2.05) is 19.9 Å². The lowest BCUT2D eigenvalue weighted by Gasteiger charge is -1.84. The van der Waals surface area contributed by atoms with Gasteiger partial charge in [-0.05, 0) is 12.3 Å². The first-order valence-electron chi connectivity index (χ1n) is 2.62. The fourth-order valence-electron chi connectivity index (χ4n) is 0.227. The number of allylic oxidation sites excluding steroid dienone is 1. The van der Waals surface area contributed by atoms with Gasteiger partial charge in [0.25, 0.3) is 0 Å². The lowest BCUT2D eigenvalue weighted by Crippen LogP contribution is -1.81. The molecule has 0 aromatic rings. The first kappa shape index (κ1) is 7.76. The van der Waals surface area contributed by atoms with Crippen molar-refractivity contribution in [1.29, 1.82) is 0 Å². The molecule has 0 saturated carbocycles. The standard InChI is InChI=1S/C6H10OS/c1-3-5-8-6(7)4-2/h3,5H,4H2,1-2H3. The molecule has 2 heteroatoms. The number of rotatable bonds is 2. The minimum absolute atomic E-state index is 0.225. The maximum Gasteiger partial charge on any atom is 0.192 e. The number of carbonyl (C=O) groups is 1. The van der Waals surface area contributed by atoms with Crippen molar-refractivity contribution in [3.8, 4) is 0 Å². The Kier molecular flexibility index (Phi) is 4.76. The van der Waals surface area contributed by atoms with Crippen molar-refractivity contribution < 1.29 is 4.79 Å². The molecule has 0 aliphatic rings. The van der Waals surface area contributed by atoms with E-state index in [4.69, 9.17) is 0 Å². The molecule has 0 aliphatic heterocycles. The largest absolute Gasteiger partial charge is 0.287 e. The zero-order valence-corrected chi connectivity index (χ0v) is 5.99. The molecular formula is C6H10OS. The highest BCUT2D eigenvalue weighted by atomic mass is 32.2. The van der Waals surface area contributed by atoms with Gasteiger partial charge in [0.1, 0.15) is 0 Å². The molecule has 0 unspecified atom stereocenters. The summed E-state index contributed by atoms with van der Waals surface area (Å²) in [5, 5.41) is 2.02. The van der Waals surface area contributed by atoms with E-state index >= 15 is 0 Å². The molecule has 0 N–H and O–H groups in total. The number of thioether (sulfide) groups is 1. The van der Waals surface area contributed by atoms with E-state index in [-0.39, 0.29) is 5.12 Å². The van der Waals surface area contributed by atoms with Crippen LogP contribution in [0.5, 0.6) is 0 Å². The third-order valence-electron chi connectivity index (χ3n) is 0.624. The first-order chi connectivity index (χ1) is 3.81. The minimum Gasteiger partial charge on any atom is -0.287 e. The van der Waals surface area contributed by atoms with Crippen LogP contribution in [0.25, 0.3) is 0 Å². The molecule has 1 nitrogen and oxygen atoms in total. The number of carbonyl (C=O) groups excluding carboxylic acids is 1. The Bertz CT molecular complexity index is 96.7. The maximum atomic E-state index is 10.5. The molecule has 0 heterocycles. The summed E-state index contributed by atoms with van der Waals surface area (Å²) in [5.74, 6) is 0. The van der Waals surface area contributed by atoms with E-state index in [2.05, 4.69) is 0 Å². The normalized spacial score (nSPS) is 10.2. The van der Waals surface area contributed by atoms with Crippen molar-refractivity contribution in [1.82, 2.24) is 0 Å². The van der Waals surface area contributed by atoms with E-state index in [0.717, 1.165) is 0 Å². The highest BCUT2D eigenvalue weighted by molar-refractivity contribution is 8.16. The molecule has 0 aromatic carbocycles. The lowest BCUT2D eigenvalue weighted by molar-refractivity contribution is -0.110. The van der Waals surface area contributed by atoms with E-state index in [1.54, 1.807) is 5.41 Å². The van der Waals surface area contributed by atoms with Gasteiger partial charge in [0, 0.05) is 6.42 Å². The third kappa shape index (κ3) is 3.93. The predicted octanol–water partition coefficient (Wildman–Crippen LogP) is 2.19. The Hall–Kier alpha value is -0.240. The van der Waals surface area contributed by atoms with Crippen LogP contribution in [-0.4, -0.2) is 5.12 Å². The topological polar surface area (TPSA) is 17.1 Å². The second kappa shape index (κ2) is 4.91. The van der Waals surface area contributed by atoms with Crippen molar-refractivity contribution in [2.75, 3.05) is 0 Å². The van der Waals surface area contributed by atoms with Crippen LogP contribution in [0.2, 0.25) is 0 Å². The summed E-state index contributed by atoms with van der Waals surface area (Å²) in [4.78, 5) is 10.5. The van der Waals surface area contributed by atoms with Gasteiger partial charge in [-0.3, -0.25) is 4.79 Å². The second-order valence-electron chi connectivity index (χ2n) is 1.31. The average molecular weight is 130 g/mol. The zero-order valence-electron chi connectivity index (χ0n) is 5.18. The molecule has 46 valence electrons.